The van der Waals surface area contributed by atoms with Crippen LogP contribution in [0.2, 0.25) is 0 Å². The molecule has 17 heavy (non-hydrogen) atoms. The van der Waals surface area contributed by atoms with Crippen LogP contribution in [0.25, 0.3) is 0 Å². The molecule has 6 heteroatoms. The zero-order valence-electron chi connectivity index (χ0n) is 9.87. The molecule has 1 aromatic rings. The van der Waals surface area contributed by atoms with Crippen molar-refractivity contribution in [1.82, 2.24) is 4.72 Å². The number of benzene rings is 1. The van der Waals surface area contributed by atoms with Crippen LogP contribution in [0.1, 0.15) is 25.5 Å². The van der Waals surface area contributed by atoms with Gasteiger partial charge in [0.1, 0.15) is 11.6 Å². The lowest BCUT2D eigenvalue weighted by molar-refractivity contribution is 0.443. The zero-order valence-corrected chi connectivity index (χ0v) is 10.7. The van der Waals surface area contributed by atoms with Gasteiger partial charge in [0.05, 0.1) is 12.3 Å². The largest absolute Gasteiger partial charge is 0.213 e. The second-order valence-corrected chi connectivity index (χ2v) is 6.06. The molecule has 0 spiro atoms. The smallest absolute Gasteiger partial charge is 0.209 e. The Bertz CT molecular complexity index is 500. The number of hydrogen-bond donors (Lipinski definition) is 1. The van der Waals surface area contributed by atoms with Gasteiger partial charge in [-0.25, -0.2) is 21.9 Å². The predicted molar refractivity (Wildman–Crippen MR) is 61.9 cm³/mol. The molecule has 0 fully saturated rings. The van der Waals surface area contributed by atoms with E-state index >= 15 is 0 Å². The van der Waals surface area contributed by atoms with Crippen LogP contribution in [0.3, 0.4) is 0 Å². The van der Waals surface area contributed by atoms with Gasteiger partial charge in [-0.05, 0) is 12.0 Å². The molecule has 0 heterocycles. The first-order valence-electron chi connectivity index (χ1n) is 5.13. The number of halogens is 2. The SMILES string of the molecule is CC(C)C(NS(C)(=O)=O)c1ccc(F)cc1F. The molecule has 0 aliphatic carbocycles. The Hall–Kier alpha value is -1.01. The van der Waals surface area contributed by atoms with Crippen molar-refractivity contribution in [2.24, 2.45) is 5.92 Å². The van der Waals surface area contributed by atoms with Gasteiger partial charge in [0, 0.05) is 11.6 Å². The Kier molecular flexibility index (Phi) is 4.21. The molecule has 0 aliphatic heterocycles. The van der Waals surface area contributed by atoms with Crippen LogP contribution in [0.5, 0.6) is 0 Å². The van der Waals surface area contributed by atoms with Crippen molar-refractivity contribution in [2.45, 2.75) is 19.9 Å². The van der Waals surface area contributed by atoms with Crippen LogP contribution in [0.15, 0.2) is 18.2 Å². The Morgan fingerprint density at radius 1 is 1.24 bits per heavy atom. The summed E-state index contributed by atoms with van der Waals surface area (Å²) in [5.41, 5.74) is 0.145. The fourth-order valence-corrected chi connectivity index (χ4v) is 2.40. The molecule has 3 nitrogen and oxygen atoms in total. The average molecular weight is 263 g/mol. The molecule has 0 saturated carbocycles. The predicted octanol–water partition coefficient (Wildman–Crippen LogP) is 2.21. The van der Waals surface area contributed by atoms with Gasteiger partial charge in [0.25, 0.3) is 0 Å². The van der Waals surface area contributed by atoms with Crippen LogP contribution in [-0.2, 0) is 10.0 Å². The van der Waals surface area contributed by atoms with E-state index in [9.17, 15) is 17.2 Å². The van der Waals surface area contributed by atoms with Gasteiger partial charge in [-0.1, -0.05) is 19.9 Å². The summed E-state index contributed by atoms with van der Waals surface area (Å²) in [6.07, 6.45) is 1.00. The molecule has 1 aromatic carbocycles. The monoisotopic (exact) mass is 263 g/mol. The normalized spacial score (nSPS) is 14.0. The van der Waals surface area contributed by atoms with Crippen LogP contribution >= 0.6 is 0 Å². The fraction of sp³-hybridized carbons (Fsp3) is 0.455. The van der Waals surface area contributed by atoms with E-state index in [0.717, 1.165) is 18.4 Å². The Balaban J connectivity index is 3.15. The van der Waals surface area contributed by atoms with E-state index in [1.807, 2.05) is 0 Å². The van der Waals surface area contributed by atoms with Gasteiger partial charge in [0.15, 0.2) is 0 Å². The summed E-state index contributed by atoms with van der Waals surface area (Å²) >= 11 is 0. The Morgan fingerprint density at radius 3 is 2.24 bits per heavy atom. The standard InChI is InChI=1S/C11H15F2NO2S/c1-7(2)11(14-17(3,15)16)9-5-4-8(12)6-10(9)13/h4-7,11,14H,1-3H3. The van der Waals surface area contributed by atoms with Crippen LogP contribution in [0.4, 0.5) is 8.78 Å². The maximum absolute atomic E-state index is 13.6. The highest BCUT2D eigenvalue weighted by atomic mass is 32.2. The van der Waals surface area contributed by atoms with E-state index in [-0.39, 0.29) is 11.5 Å². The summed E-state index contributed by atoms with van der Waals surface area (Å²) in [4.78, 5) is 0. The highest BCUT2D eigenvalue weighted by molar-refractivity contribution is 7.88. The first-order valence-corrected chi connectivity index (χ1v) is 7.02. The minimum atomic E-state index is -3.45. The second kappa shape index (κ2) is 5.10. The minimum absolute atomic E-state index is 0.145. The lowest BCUT2D eigenvalue weighted by Gasteiger charge is -2.22. The van der Waals surface area contributed by atoms with E-state index in [0.29, 0.717) is 0 Å². The van der Waals surface area contributed by atoms with E-state index in [1.165, 1.54) is 6.07 Å². The third-order valence-electron chi connectivity index (χ3n) is 2.31. The lowest BCUT2D eigenvalue weighted by atomic mass is 9.96. The Labute approximate surface area is 99.9 Å². The van der Waals surface area contributed by atoms with Crippen LogP contribution < -0.4 is 4.72 Å². The maximum Gasteiger partial charge on any atom is 0.209 e. The number of sulfonamides is 1. The van der Waals surface area contributed by atoms with Gasteiger partial charge in [-0.2, -0.15) is 0 Å². The zero-order chi connectivity index (χ0) is 13.2. The molecule has 0 amide bonds. The molecule has 96 valence electrons. The third-order valence-corrected chi connectivity index (χ3v) is 2.99. The topological polar surface area (TPSA) is 46.2 Å². The van der Waals surface area contributed by atoms with E-state index in [4.69, 9.17) is 0 Å². The van der Waals surface area contributed by atoms with Gasteiger partial charge in [-0.3, -0.25) is 0 Å². The summed E-state index contributed by atoms with van der Waals surface area (Å²) in [5.74, 6) is -1.59. The maximum atomic E-state index is 13.6. The average Bonchev–Trinajstić information content (AvgIpc) is 2.13. The molecular weight excluding hydrogens is 248 g/mol. The summed E-state index contributed by atoms with van der Waals surface area (Å²) in [6, 6.07) is 2.41. The summed E-state index contributed by atoms with van der Waals surface area (Å²) in [5, 5.41) is 0. The molecular formula is C11H15F2NO2S. The van der Waals surface area contributed by atoms with Gasteiger partial charge in [-0.15, -0.1) is 0 Å². The van der Waals surface area contributed by atoms with E-state index < -0.39 is 27.7 Å². The highest BCUT2D eigenvalue weighted by Gasteiger charge is 2.22. The van der Waals surface area contributed by atoms with Crippen molar-refractivity contribution in [3.8, 4) is 0 Å². The fourth-order valence-electron chi connectivity index (χ4n) is 1.54. The molecule has 1 rings (SSSR count). The number of hydrogen-bond acceptors (Lipinski definition) is 2. The highest BCUT2D eigenvalue weighted by Crippen LogP contribution is 2.25. The molecule has 0 saturated heterocycles. The van der Waals surface area contributed by atoms with Gasteiger partial charge in [0.2, 0.25) is 10.0 Å². The van der Waals surface area contributed by atoms with Gasteiger partial charge >= 0.3 is 0 Å². The van der Waals surface area contributed by atoms with Crippen molar-refractivity contribution in [2.75, 3.05) is 6.26 Å². The summed E-state index contributed by atoms with van der Waals surface area (Å²) in [7, 11) is -3.45. The first kappa shape index (κ1) is 14.1. The lowest BCUT2D eigenvalue weighted by Crippen LogP contribution is -2.31. The second-order valence-electron chi connectivity index (χ2n) is 4.28. The van der Waals surface area contributed by atoms with Crippen molar-refractivity contribution in [1.29, 1.82) is 0 Å². The van der Waals surface area contributed by atoms with Crippen molar-refractivity contribution >= 4 is 10.0 Å². The van der Waals surface area contributed by atoms with Crippen molar-refractivity contribution in [3.63, 3.8) is 0 Å². The molecule has 0 radical (unpaired) electrons. The first-order chi connectivity index (χ1) is 7.70. The molecule has 1 atom stereocenters. The number of nitrogens with one attached hydrogen (secondary N) is 1. The quantitative estimate of drug-likeness (QED) is 0.905. The van der Waals surface area contributed by atoms with Crippen molar-refractivity contribution < 1.29 is 17.2 Å². The third kappa shape index (κ3) is 4.05. The van der Waals surface area contributed by atoms with E-state index in [2.05, 4.69) is 4.72 Å². The molecule has 0 bridgehead atoms. The van der Waals surface area contributed by atoms with Gasteiger partial charge < -0.3 is 0 Å². The molecule has 1 N–H and O–H groups in total. The van der Waals surface area contributed by atoms with Crippen LogP contribution in [0, 0.1) is 17.6 Å². The Morgan fingerprint density at radius 2 is 1.82 bits per heavy atom. The summed E-state index contributed by atoms with van der Waals surface area (Å²) in [6.45, 7) is 3.51. The van der Waals surface area contributed by atoms with Crippen LogP contribution in [-0.4, -0.2) is 14.7 Å². The molecule has 0 aromatic heterocycles. The van der Waals surface area contributed by atoms with Crippen molar-refractivity contribution in [3.05, 3.63) is 35.4 Å². The number of rotatable bonds is 4. The molecule has 1 unspecified atom stereocenters. The minimum Gasteiger partial charge on any atom is -0.213 e. The molecule has 0 aliphatic rings. The summed E-state index contributed by atoms with van der Waals surface area (Å²) < 4.78 is 51.1. The van der Waals surface area contributed by atoms with E-state index in [1.54, 1.807) is 13.8 Å².